The Morgan fingerprint density at radius 1 is 1.04 bits per heavy atom. The van der Waals surface area contributed by atoms with Gasteiger partial charge in [0, 0.05) is 43.9 Å². The molecule has 1 atom stereocenters. The summed E-state index contributed by atoms with van der Waals surface area (Å²) in [7, 11) is 4.03. The number of ether oxygens (including phenoxy) is 2. The highest BCUT2D eigenvalue weighted by Gasteiger charge is 2.28. The van der Waals surface area contributed by atoms with E-state index in [1.807, 2.05) is 40.1 Å². The smallest absolute Gasteiger partial charge is 0.225 e. The first-order valence-electron chi connectivity index (χ1n) is 9.04. The fourth-order valence-corrected chi connectivity index (χ4v) is 3.31. The van der Waals surface area contributed by atoms with Gasteiger partial charge in [-0.2, -0.15) is 0 Å². The Morgan fingerprint density at radius 2 is 1.65 bits per heavy atom. The zero-order chi connectivity index (χ0) is 18.7. The van der Waals surface area contributed by atoms with Gasteiger partial charge >= 0.3 is 0 Å². The molecule has 3 rings (SSSR count). The van der Waals surface area contributed by atoms with Crippen LogP contribution in [0, 0.1) is 0 Å². The maximum atomic E-state index is 12.3. The minimum absolute atomic E-state index is 0.00449. The first kappa shape index (κ1) is 18.1. The second-order valence-corrected chi connectivity index (χ2v) is 6.54. The molecule has 0 unspecified atom stereocenters. The second kappa shape index (κ2) is 7.68. The predicted molar refractivity (Wildman–Crippen MR) is 105 cm³/mol. The normalized spacial score (nSPS) is 15.8. The maximum Gasteiger partial charge on any atom is 0.225 e. The van der Waals surface area contributed by atoms with Crippen molar-refractivity contribution >= 4 is 17.3 Å². The largest absolute Gasteiger partial charge is 0.490 e. The van der Waals surface area contributed by atoms with E-state index in [2.05, 4.69) is 34.5 Å². The Hall–Kier alpha value is -2.69. The topological polar surface area (TPSA) is 50.8 Å². The Bertz CT molecular complexity index is 785. The van der Waals surface area contributed by atoms with Gasteiger partial charge in [0.2, 0.25) is 5.91 Å². The van der Waals surface area contributed by atoms with E-state index in [4.69, 9.17) is 9.47 Å². The number of fused-ring (bicyclic) bond motifs is 1. The predicted octanol–water partition coefficient (Wildman–Crippen LogP) is 4.02. The first-order chi connectivity index (χ1) is 12.5. The summed E-state index contributed by atoms with van der Waals surface area (Å²) in [6, 6.07) is 12.2. The molecule has 0 aliphatic carbocycles. The highest BCUT2D eigenvalue weighted by atomic mass is 16.5. The molecule has 138 valence electrons. The van der Waals surface area contributed by atoms with Crippen molar-refractivity contribution in [2.75, 3.05) is 37.5 Å². The number of anilines is 2. The lowest BCUT2D eigenvalue weighted by Gasteiger charge is -2.28. The lowest BCUT2D eigenvalue weighted by atomic mass is 9.84. The summed E-state index contributed by atoms with van der Waals surface area (Å²) in [5.41, 5.74) is 4.12. The van der Waals surface area contributed by atoms with E-state index < -0.39 is 0 Å². The van der Waals surface area contributed by atoms with Crippen molar-refractivity contribution < 1.29 is 14.3 Å². The van der Waals surface area contributed by atoms with Crippen LogP contribution in [0.2, 0.25) is 0 Å². The number of nitrogens with one attached hydrogen (secondary N) is 1. The summed E-state index contributed by atoms with van der Waals surface area (Å²) in [4.78, 5) is 14.3. The lowest BCUT2D eigenvalue weighted by molar-refractivity contribution is -0.116. The van der Waals surface area contributed by atoms with Crippen molar-refractivity contribution in [3.05, 3.63) is 47.5 Å². The average molecular weight is 354 g/mol. The van der Waals surface area contributed by atoms with Crippen LogP contribution in [0.3, 0.4) is 0 Å². The minimum atomic E-state index is 0.00449. The van der Waals surface area contributed by atoms with Gasteiger partial charge in [0.15, 0.2) is 11.5 Å². The molecule has 0 aromatic heterocycles. The van der Waals surface area contributed by atoms with Gasteiger partial charge in [-0.25, -0.2) is 0 Å². The second-order valence-electron chi connectivity index (χ2n) is 6.54. The van der Waals surface area contributed by atoms with Crippen molar-refractivity contribution in [1.29, 1.82) is 0 Å². The zero-order valence-electron chi connectivity index (χ0n) is 15.8. The van der Waals surface area contributed by atoms with Gasteiger partial charge in [0.05, 0.1) is 13.2 Å². The number of nitrogens with zero attached hydrogens (tertiary/aromatic N) is 1. The maximum absolute atomic E-state index is 12.3. The van der Waals surface area contributed by atoms with Gasteiger partial charge in [-0.05, 0) is 43.2 Å². The molecular weight excluding hydrogens is 328 g/mol. The van der Waals surface area contributed by atoms with E-state index >= 15 is 0 Å². The summed E-state index contributed by atoms with van der Waals surface area (Å²) in [6.45, 7) is 4.99. The van der Waals surface area contributed by atoms with E-state index in [1.54, 1.807) is 0 Å². The molecule has 5 nitrogen and oxygen atoms in total. The van der Waals surface area contributed by atoms with Gasteiger partial charge in [0.25, 0.3) is 0 Å². The number of rotatable bonds is 6. The molecule has 2 aromatic carbocycles. The van der Waals surface area contributed by atoms with Gasteiger partial charge in [-0.1, -0.05) is 12.1 Å². The molecule has 26 heavy (non-hydrogen) atoms. The van der Waals surface area contributed by atoms with Gasteiger partial charge < -0.3 is 19.7 Å². The number of hydrogen-bond donors (Lipinski definition) is 1. The van der Waals surface area contributed by atoms with E-state index in [1.165, 1.54) is 0 Å². The van der Waals surface area contributed by atoms with Gasteiger partial charge in [0.1, 0.15) is 0 Å². The van der Waals surface area contributed by atoms with Crippen LogP contribution in [0.25, 0.3) is 0 Å². The van der Waals surface area contributed by atoms with Crippen LogP contribution < -0.4 is 19.7 Å². The fourth-order valence-electron chi connectivity index (χ4n) is 3.31. The van der Waals surface area contributed by atoms with Crippen molar-refractivity contribution in [1.82, 2.24) is 0 Å². The molecule has 1 aliphatic rings. The SMILES string of the molecule is CCOc1cc2c(cc1OCC)[C@@H](c1ccc(N(C)C)cc1)CC(=O)N2. The molecule has 0 bridgehead atoms. The highest BCUT2D eigenvalue weighted by Crippen LogP contribution is 2.43. The summed E-state index contributed by atoms with van der Waals surface area (Å²) in [5.74, 6) is 1.41. The van der Waals surface area contributed by atoms with Crippen molar-refractivity contribution in [3.63, 3.8) is 0 Å². The molecule has 1 amide bonds. The third-order valence-electron chi connectivity index (χ3n) is 4.57. The van der Waals surface area contributed by atoms with Crippen LogP contribution in [0.4, 0.5) is 11.4 Å². The molecule has 2 aromatic rings. The fraction of sp³-hybridized carbons (Fsp3) is 0.381. The van der Waals surface area contributed by atoms with Crippen LogP contribution in [0.15, 0.2) is 36.4 Å². The van der Waals surface area contributed by atoms with Crippen LogP contribution in [0.1, 0.15) is 37.3 Å². The number of carbonyl (C=O) groups is 1. The Labute approximate surface area is 154 Å². The highest BCUT2D eigenvalue weighted by molar-refractivity contribution is 5.96. The Morgan fingerprint density at radius 3 is 2.23 bits per heavy atom. The summed E-state index contributed by atoms with van der Waals surface area (Å²) in [5, 5.41) is 2.97. The minimum Gasteiger partial charge on any atom is -0.490 e. The lowest BCUT2D eigenvalue weighted by Crippen LogP contribution is -2.24. The zero-order valence-corrected chi connectivity index (χ0v) is 15.8. The Balaban J connectivity index is 2.04. The molecule has 0 spiro atoms. The van der Waals surface area contributed by atoms with Crippen LogP contribution in [-0.4, -0.2) is 33.2 Å². The molecule has 1 aliphatic heterocycles. The molecule has 0 saturated heterocycles. The molecule has 5 heteroatoms. The van der Waals surface area contributed by atoms with Crippen LogP contribution in [-0.2, 0) is 4.79 Å². The molecule has 0 saturated carbocycles. The number of amides is 1. The van der Waals surface area contributed by atoms with E-state index in [-0.39, 0.29) is 11.8 Å². The molecule has 1 N–H and O–H groups in total. The van der Waals surface area contributed by atoms with E-state index in [0.717, 1.165) is 28.3 Å². The summed E-state index contributed by atoms with van der Waals surface area (Å²) in [6.07, 6.45) is 0.424. The van der Waals surface area contributed by atoms with E-state index in [0.29, 0.717) is 25.4 Å². The van der Waals surface area contributed by atoms with Gasteiger partial charge in [-0.15, -0.1) is 0 Å². The molecular formula is C21H26N2O3. The quantitative estimate of drug-likeness (QED) is 0.851. The number of hydrogen-bond acceptors (Lipinski definition) is 4. The van der Waals surface area contributed by atoms with Crippen molar-refractivity contribution in [2.45, 2.75) is 26.2 Å². The first-order valence-corrected chi connectivity index (χ1v) is 9.04. The van der Waals surface area contributed by atoms with Crippen LogP contribution >= 0.6 is 0 Å². The molecule has 0 fully saturated rings. The third-order valence-corrected chi connectivity index (χ3v) is 4.57. The van der Waals surface area contributed by atoms with Crippen molar-refractivity contribution in [2.24, 2.45) is 0 Å². The van der Waals surface area contributed by atoms with Gasteiger partial charge in [-0.3, -0.25) is 4.79 Å². The average Bonchev–Trinajstić information content (AvgIpc) is 2.62. The summed E-state index contributed by atoms with van der Waals surface area (Å²) < 4.78 is 11.5. The molecule has 0 radical (unpaired) electrons. The Kier molecular flexibility index (Phi) is 5.35. The standard InChI is InChI=1S/C21H26N2O3/c1-5-25-19-11-17-16(14-7-9-15(10-8-14)23(3)4)12-21(24)22-18(17)13-20(19)26-6-2/h7-11,13,16H,5-6,12H2,1-4H3,(H,22,24)/t16-/m1/s1. The number of benzene rings is 2. The number of carbonyl (C=O) groups excluding carboxylic acids is 1. The van der Waals surface area contributed by atoms with E-state index in [9.17, 15) is 4.79 Å². The monoisotopic (exact) mass is 354 g/mol. The molecule has 1 heterocycles. The van der Waals surface area contributed by atoms with Crippen molar-refractivity contribution in [3.8, 4) is 11.5 Å². The van der Waals surface area contributed by atoms with Crippen LogP contribution in [0.5, 0.6) is 11.5 Å². The summed E-state index contributed by atoms with van der Waals surface area (Å²) >= 11 is 0. The third kappa shape index (κ3) is 3.62.